The van der Waals surface area contributed by atoms with E-state index in [2.05, 4.69) is 26.0 Å². The first-order chi connectivity index (χ1) is 12.8. The summed E-state index contributed by atoms with van der Waals surface area (Å²) < 4.78 is 27.1. The molecule has 0 aliphatic heterocycles. The van der Waals surface area contributed by atoms with Crippen LogP contribution in [0.2, 0.25) is 0 Å². The first-order valence-corrected chi connectivity index (χ1v) is 11.4. The number of aryl methyl sites for hydroxylation is 1. The fourth-order valence-corrected chi connectivity index (χ4v) is 4.27. The quantitative estimate of drug-likeness (QED) is 0.675. The van der Waals surface area contributed by atoms with Crippen LogP contribution in [0.1, 0.15) is 37.3 Å². The van der Waals surface area contributed by atoms with E-state index in [-0.39, 0.29) is 11.7 Å². The molecule has 0 aromatic heterocycles. The van der Waals surface area contributed by atoms with Crippen molar-refractivity contribution < 1.29 is 13.2 Å². The van der Waals surface area contributed by atoms with Crippen LogP contribution in [-0.4, -0.2) is 20.1 Å². The number of halogens is 1. The van der Waals surface area contributed by atoms with E-state index in [1.807, 2.05) is 31.2 Å². The Morgan fingerprint density at radius 1 is 1.15 bits per heavy atom. The van der Waals surface area contributed by atoms with Crippen molar-refractivity contribution in [3.05, 3.63) is 58.1 Å². The molecule has 3 rings (SSSR count). The zero-order valence-corrected chi connectivity index (χ0v) is 17.8. The van der Waals surface area contributed by atoms with Crippen LogP contribution in [0.4, 0.5) is 11.4 Å². The molecule has 5 nitrogen and oxygen atoms in total. The van der Waals surface area contributed by atoms with Crippen LogP contribution in [0, 0.1) is 6.92 Å². The molecule has 1 saturated carbocycles. The molecule has 0 radical (unpaired) electrons. The van der Waals surface area contributed by atoms with Crippen molar-refractivity contribution in [2.24, 2.45) is 0 Å². The summed E-state index contributed by atoms with van der Waals surface area (Å²) in [7, 11) is -3.33. The minimum Gasteiger partial charge on any atom is -0.325 e. The second kappa shape index (κ2) is 7.64. The Morgan fingerprint density at radius 2 is 1.81 bits per heavy atom. The summed E-state index contributed by atoms with van der Waals surface area (Å²) in [5.74, 6) is -0.00181. The van der Waals surface area contributed by atoms with Crippen LogP contribution >= 0.6 is 15.9 Å². The summed E-state index contributed by atoms with van der Waals surface area (Å²) >= 11 is 3.43. The predicted molar refractivity (Wildman–Crippen MR) is 113 cm³/mol. The van der Waals surface area contributed by atoms with Gasteiger partial charge in [0.1, 0.15) is 0 Å². The van der Waals surface area contributed by atoms with Crippen molar-refractivity contribution in [3.63, 3.8) is 0 Å². The number of benzene rings is 2. The molecule has 0 heterocycles. The SMILES string of the molecule is CCS(=O)(=O)Nc1ccc(NC(=O)C2(c3ccc(Br)cc3)CCC2)cc1C. The van der Waals surface area contributed by atoms with Gasteiger partial charge in [-0.2, -0.15) is 0 Å². The van der Waals surface area contributed by atoms with Crippen molar-refractivity contribution in [2.45, 2.75) is 38.5 Å². The summed E-state index contributed by atoms with van der Waals surface area (Å²) in [6.45, 7) is 3.41. The number of sulfonamides is 1. The molecule has 0 spiro atoms. The van der Waals surface area contributed by atoms with E-state index >= 15 is 0 Å². The lowest BCUT2D eigenvalue weighted by atomic mass is 9.64. The predicted octanol–water partition coefficient (Wildman–Crippen LogP) is 4.58. The van der Waals surface area contributed by atoms with E-state index in [1.54, 1.807) is 25.1 Å². The van der Waals surface area contributed by atoms with Gasteiger partial charge in [0.05, 0.1) is 16.9 Å². The van der Waals surface area contributed by atoms with E-state index < -0.39 is 15.4 Å². The van der Waals surface area contributed by atoms with Gasteiger partial charge < -0.3 is 5.32 Å². The molecular weight excluding hydrogens is 428 g/mol. The molecule has 7 heteroatoms. The Bertz CT molecular complexity index is 952. The molecule has 0 saturated heterocycles. The van der Waals surface area contributed by atoms with E-state index in [0.29, 0.717) is 11.4 Å². The van der Waals surface area contributed by atoms with Crippen molar-refractivity contribution in [2.75, 3.05) is 15.8 Å². The highest BCUT2D eigenvalue weighted by atomic mass is 79.9. The maximum atomic E-state index is 13.0. The number of amides is 1. The zero-order chi connectivity index (χ0) is 19.7. The fourth-order valence-electron chi connectivity index (χ4n) is 3.29. The molecule has 2 aromatic rings. The van der Waals surface area contributed by atoms with Crippen molar-refractivity contribution >= 4 is 43.2 Å². The Kier molecular flexibility index (Phi) is 5.63. The van der Waals surface area contributed by atoms with Crippen LogP contribution in [-0.2, 0) is 20.2 Å². The number of rotatable bonds is 6. The molecule has 2 N–H and O–H groups in total. The number of hydrogen-bond acceptors (Lipinski definition) is 3. The molecule has 0 unspecified atom stereocenters. The van der Waals surface area contributed by atoms with Crippen LogP contribution in [0.3, 0.4) is 0 Å². The third kappa shape index (κ3) is 4.19. The van der Waals surface area contributed by atoms with Gasteiger partial charge >= 0.3 is 0 Å². The average molecular weight is 451 g/mol. The molecule has 0 atom stereocenters. The molecule has 0 bridgehead atoms. The summed E-state index contributed by atoms with van der Waals surface area (Å²) in [5.41, 5.74) is 2.49. The lowest BCUT2D eigenvalue weighted by Gasteiger charge is -2.40. The van der Waals surface area contributed by atoms with Gasteiger partial charge in [0.25, 0.3) is 0 Å². The number of carbonyl (C=O) groups excluding carboxylic acids is 1. The minimum atomic E-state index is -3.33. The molecular formula is C20H23BrN2O3S. The molecule has 2 aromatic carbocycles. The normalized spacial score (nSPS) is 15.7. The van der Waals surface area contributed by atoms with E-state index in [1.165, 1.54) is 0 Å². The fraction of sp³-hybridized carbons (Fsp3) is 0.350. The highest BCUT2D eigenvalue weighted by Gasteiger charge is 2.45. The van der Waals surface area contributed by atoms with Gasteiger partial charge in [-0.3, -0.25) is 9.52 Å². The van der Waals surface area contributed by atoms with Crippen molar-refractivity contribution in [1.29, 1.82) is 0 Å². The number of nitrogens with one attached hydrogen (secondary N) is 2. The van der Waals surface area contributed by atoms with Crippen molar-refractivity contribution in [1.82, 2.24) is 0 Å². The molecule has 1 amide bonds. The zero-order valence-electron chi connectivity index (χ0n) is 15.4. The molecule has 27 heavy (non-hydrogen) atoms. The molecule has 1 aliphatic carbocycles. The second-order valence-electron chi connectivity index (χ2n) is 6.93. The van der Waals surface area contributed by atoms with Crippen LogP contribution in [0.25, 0.3) is 0 Å². The highest BCUT2D eigenvalue weighted by molar-refractivity contribution is 9.10. The van der Waals surface area contributed by atoms with Gasteiger partial charge in [0, 0.05) is 10.2 Å². The Labute approximate surface area is 168 Å². The standard InChI is InChI=1S/C20H23BrN2O3S/c1-3-27(25,26)23-18-10-9-17(13-14(18)2)22-19(24)20(11-4-12-20)15-5-7-16(21)8-6-15/h5-10,13,23H,3-4,11-12H2,1-2H3,(H,22,24). The maximum Gasteiger partial charge on any atom is 0.235 e. The summed E-state index contributed by atoms with van der Waals surface area (Å²) in [6.07, 6.45) is 2.68. The van der Waals surface area contributed by atoms with Crippen LogP contribution in [0.5, 0.6) is 0 Å². The monoisotopic (exact) mass is 450 g/mol. The average Bonchev–Trinajstić information content (AvgIpc) is 2.58. The Hall–Kier alpha value is -1.86. The van der Waals surface area contributed by atoms with Gasteiger partial charge in [0.15, 0.2) is 0 Å². The first-order valence-electron chi connectivity index (χ1n) is 8.94. The number of carbonyl (C=O) groups is 1. The van der Waals surface area contributed by atoms with Gasteiger partial charge in [0.2, 0.25) is 15.9 Å². The Morgan fingerprint density at radius 3 is 2.33 bits per heavy atom. The highest BCUT2D eigenvalue weighted by Crippen LogP contribution is 2.45. The Balaban J connectivity index is 1.79. The van der Waals surface area contributed by atoms with Crippen LogP contribution < -0.4 is 10.0 Å². The van der Waals surface area contributed by atoms with Gasteiger partial charge in [-0.15, -0.1) is 0 Å². The van der Waals surface area contributed by atoms with Crippen molar-refractivity contribution in [3.8, 4) is 0 Å². The third-order valence-corrected chi connectivity index (χ3v) is 6.99. The summed E-state index contributed by atoms with van der Waals surface area (Å²) in [5, 5.41) is 3.01. The second-order valence-corrected chi connectivity index (χ2v) is 9.86. The number of anilines is 2. The maximum absolute atomic E-state index is 13.0. The van der Waals surface area contributed by atoms with Gasteiger partial charge in [-0.1, -0.05) is 34.5 Å². The third-order valence-electron chi connectivity index (χ3n) is 5.17. The van der Waals surface area contributed by atoms with Gasteiger partial charge in [-0.05, 0) is 68.1 Å². The van der Waals surface area contributed by atoms with E-state index in [9.17, 15) is 13.2 Å². The lowest BCUT2D eigenvalue weighted by Crippen LogP contribution is -2.46. The van der Waals surface area contributed by atoms with E-state index in [0.717, 1.165) is 34.9 Å². The smallest absolute Gasteiger partial charge is 0.235 e. The number of hydrogen-bond donors (Lipinski definition) is 2. The minimum absolute atomic E-state index is 0.0145. The topological polar surface area (TPSA) is 75.3 Å². The van der Waals surface area contributed by atoms with Gasteiger partial charge in [-0.25, -0.2) is 8.42 Å². The molecule has 144 valence electrons. The molecule has 1 fully saturated rings. The largest absolute Gasteiger partial charge is 0.325 e. The summed E-state index contributed by atoms with van der Waals surface area (Å²) in [4.78, 5) is 13.0. The molecule has 1 aliphatic rings. The van der Waals surface area contributed by atoms with E-state index in [4.69, 9.17) is 0 Å². The lowest BCUT2D eigenvalue weighted by molar-refractivity contribution is -0.124. The summed E-state index contributed by atoms with van der Waals surface area (Å²) in [6, 6.07) is 13.1. The van der Waals surface area contributed by atoms with Crippen LogP contribution in [0.15, 0.2) is 46.9 Å². The first kappa shape index (κ1) is 19.9.